The molecule has 3 aromatic rings. The zero-order valence-corrected chi connectivity index (χ0v) is 16.3. The average molecular weight is 385 g/mol. The maximum absolute atomic E-state index is 13.4. The highest BCUT2D eigenvalue weighted by Crippen LogP contribution is 2.32. The van der Waals surface area contributed by atoms with Crippen LogP contribution < -0.4 is 5.32 Å². The van der Waals surface area contributed by atoms with Crippen molar-refractivity contribution in [3.8, 4) is 16.9 Å². The Hall–Kier alpha value is -2.59. The topological polar surface area (TPSA) is 34.0 Å². The van der Waals surface area contributed by atoms with Crippen LogP contribution in [-0.2, 0) is 0 Å². The van der Waals surface area contributed by atoms with Gasteiger partial charge in [-0.15, -0.1) is 0 Å². The van der Waals surface area contributed by atoms with Gasteiger partial charge in [-0.1, -0.05) is 37.6 Å². The summed E-state index contributed by atoms with van der Waals surface area (Å²) in [5, 5.41) is 3.54. The summed E-state index contributed by atoms with van der Waals surface area (Å²) in [6, 6.07) is 15.5. The molecule has 0 saturated carbocycles. The molecule has 27 heavy (non-hydrogen) atoms. The molecule has 0 unspecified atom stereocenters. The third-order valence-corrected chi connectivity index (χ3v) is 4.72. The molecule has 140 valence electrons. The number of nitrogens with zero attached hydrogens (tertiary/aromatic N) is 1. The van der Waals surface area contributed by atoms with Crippen LogP contribution in [0.1, 0.15) is 29.9 Å². The second-order valence-electron chi connectivity index (χ2n) is 6.93. The van der Waals surface area contributed by atoms with Gasteiger partial charge >= 0.3 is 0 Å². The predicted octanol–water partition coefficient (Wildman–Crippen LogP) is 5.63. The Kier molecular flexibility index (Phi) is 5.66. The van der Waals surface area contributed by atoms with E-state index in [0.29, 0.717) is 23.0 Å². The first-order valence-corrected chi connectivity index (χ1v) is 9.27. The predicted molar refractivity (Wildman–Crippen MR) is 108 cm³/mol. The fraction of sp³-hybridized carbons (Fsp3) is 0.227. The number of nitrogens with one attached hydrogen (secondary N) is 1. The second kappa shape index (κ2) is 7.97. The quantitative estimate of drug-likeness (QED) is 0.607. The molecule has 0 radical (unpaired) electrons. The number of para-hydroxylation sites is 1. The van der Waals surface area contributed by atoms with Crippen LogP contribution in [-0.4, -0.2) is 17.0 Å². The van der Waals surface area contributed by atoms with Crippen molar-refractivity contribution in [3.05, 3.63) is 76.7 Å². The Labute approximate surface area is 163 Å². The number of amides is 1. The fourth-order valence-electron chi connectivity index (χ4n) is 3.01. The van der Waals surface area contributed by atoms with Gasteiger partial charge in [0.05, 0.1) is 22.0 Å². The summed E-state index contributed by atoms with van der Waals surface area (Å²) in [5.74, 6) is -0.0759. The van der Waals surface area contributed by atoms with Crippen LogP contribution in [0, 0.1) is 18.7 Å². The molecule has 0 aliphatic heterocycles. The van der Waals surface area contributed by atoms with E-state index in [1.54, 1.807) is 12.1 Å². The Morgan fingerprint density at radius 2 is 1.81 bits per heavy atom. The Balaban J connectivity index is 2.16. The summed E-state index contributed by atoms with van der Waals surface area (Å²) in [7, 11) is 0. The molecular weight excluding hydrogens is 363 g/mol. The molecule has 2 aromatic carbocycles. The molecule has 1 N–H and O–H groups in total. The van der Waals surface area contributed by atoms with Crippen LogP contribution in [0.4, 0.5) is 4.39 Å². The van der Waals surface area contributed by atoms with Gasteiger partial charge in [-0.2, -0.15) is 0 Å². The number of halogens is 2. The Bertz CT molecular complexity index is 961. The number of hydrogen-bond acceptors (Lipinski definition) is 1. The van der Waals surface area contributed by atoms with Crippen molar-refractivity contribution >= 4 is 17.5 Å². The van der Waals surface area contributed by atoms with Crippen LogP contribution in [0.5, 0.6) is 0 Å². The summed E-state index contributed by atoms with van der Waals surface area (Å²) in [5.41, 5.74) is 3.73. The molecule has 3 nitrogen and oxygen atoms in total. The molecule has 0 fully saturated rings. The molecule has 5 heteroatoms. The van der Waals surface area contributed by atoms with E-state index in [1.165, 1.54) is 12.1 Å². The van der Waals surface area contributed by atoms with E-state index in [1.807, 2.05) is 55.7 Å². The molecule has 0 saturated heterocycles. The second-order valence-corrected chi connectivity index (χ2v) is 7.33. The minimum atomic E-state index is -0.304. The third-order valence-electron chi connectivity index (χ3n) is 4.40. The van der Waals surface area contributed by atoms with Gasteiger partial charge in [0.2, 0.25) is 0 Å². The van der Waals surface area contributed by atoms with Gasteiger partial charge < -0.3 is 9.88 Å². The van der Waals surface area contributed by atoms with Gasteiger partial charge in [-0.25, -0.2) is 4.39 Å². The zero-order chi connectivity index (χ0) is 19.6. The van der Waals surface area contributed by atoms with Gasteiger partial charge in [-0.05, 0) is 60.9 Å². The van der Waals surface area contributed by atoms with Crippen molar-refractivity contribution in [2.75, 3.05) is 6.54 Å². The van der Waals surface area contributed by atoms with E-state index in [9.17, 15) is 9.18 Å². The van der Waals surface area contributed by atoms with Crippen molar-refractivity contribution in [3.63, 3.8) is 0 Å². The number of carbonyl (C=O) groups excluding carboxylic acids is 1. The molecule has 0 spiro atoms. The van der Waals surface area contributed by atoms with E-state index in [-0.39, 0.29) is 11.7 Å². The van der Waals surface area contributed by atoms with Crippen LogP contribution in [0.2, 0.25) is 5.02 Å². The van der Waals surface area contributed by atoms with Gasteiger partial charge in [-0.3, -0.25) is 4.79 Å². The van der Waals surface area contributed by atoms with Crippen LogP contribution in [0.15, 0.2) is 54.6 Å². The monoisotopic (exact) mass is 384 g/mol. The van der Waals surface area contributed by atoms with Crippen molar-refractivity contribution in [1.82, 2.24) is 9.88 Å². The minimum absolute atomic E-state index is 0.129. The number of hydrogen-bond donors (Lipinski definition) is 1. The molecule has 0 atom stereocenters. The highest BCUT2D eigenvalue weighted by atomic mass is 35.5. The van der Waals surface area contributed by atoms with Gasteiger partial charge in [0, 0.05) is 12.2 Å². The van der Waals surface area contributed by atoms with Gasteiger partial charge in [0.1, 0.15) is 5.82 Å². The Morgan fingerprint density at radius 3 is 2.44 bits per heavy atom. The molecule has 0 aliphatic carbocycles. The van der Waals surface area contributed by atoms with E-state index < -0.39 is 0 Å². The molecule has 1 amide bonds. The fourth-order valence-corrected chi connectivity index (χ4v) is 3.23. The van der Waals surface area contributed by atoms with E-state index >= 15 is 0 Å². The van der Waals surface area contributed by atoms with E-state index in [0.717, 1.165) is 22.6 Å². The van der Waals surface area contributed by atoms with E-state index in [4.69, 9.17) is 11.6 Å². The summed E-state index contributed by atoms with van der Waals surface area (Å²) >= 11 is 6.43. The first-order valence-electron chi connectivity index (χ1n) is 8.90. The van der Waals surface area contributed by atoms with E-state index in [2.05, 4.69) is 5.32 Å². The smallest absolute Gasteiger partial charge is 0.253 e. The summed E-state index contributed by atoms with van der Waals surface area (Å²) in [6.07, 6.45) is 0. The highest BCUT2D eigenvalue weighted by Gasteiger charge is 2.20. The summed E-state index contributed by atoms with van der Waals surface area (Å²) < 4.78 is 15.3. The zero-order valence-electron chi connectivity index (χ0n) is 15.6. The lowest BCUT2D eigenvalue weighted by atomic mass is 10.1. The first-order chi connectivity index (χ1) is 12.9. The Morgan fingerprint density at radius 1 is 1.15 bits per heavy atom. The first kappa shape index (κ1) is 19.2. The standard InChI is InChI=1S/C22H22ClFN2O/c1-14(2)13-25-22(27)18-12-21(16-8-10-17(24)11-9-16)26(15(18)3)20-7-5-4-6-19(20)23/h4-12,14H,13H2,1-3H3,(H,25,27). The lowest BCUT2D eigenvalue weighted by Gasteiger charge is -2.14. The molecule has 1 aromatic heterocycles. The maximum Gasteiger partial charge on any atom is 0.253 e. The highest BCUT2D eigenvalue weighted by molar-refractivity contribution is 6.32. The largest absolute Gasteiger partial charge is 0.352 e. The summed E-state index contributed by atoms with van der Waals surface area (Å²) in [6.45, 7) is 6.58. The number of rotatable bonds is 5. The van der Waals surface area contributed by atoms with Crippen LogP contribution in [0.25, 0.3) is 16.9 Å². The van der Waals surface area contributed by atoms with Crippen molar-refractivity contribution < 1.29 is 9.18 Å². The molecule has 1 heterocycles. The molecular formula is C22H22ClFN2O. The maximum atomic E-state index is 13.4. The molecule has 3 rings (SSSR count). The van der Waals surface area contributed by atoms with Crippen molar-refractivity contribution in [2.24, 2.45) is 5.92 Å². The average Bonchev–Trinajstić information content (AvgIpc) is 2.98. The molecule has 0 bridgehead atoms. The van der Waals surface area contributed by atoms with Gasteiger partial charge in [0.15, 0.2) is 0 Å². The van der Waals surface area contributed by atoms with Crippen molar-refractivity contribution in [1.29, 1.82) is 0 Å². The lowest BCUT2D eigenvalue weighted by Crippen LogP contribution is -2.27. The molecule has 0 aliphatic rings. The van der Waals surface area contributed by atoms with Crippen LogP contribution >= 0.6 is 11.6 Å². The third kappa shape index (κ3) is 4.06. The minimum Gasteiger partial charge on any atom is -0.352 e. The number of aromatic nitrogens is 1. The summed E-state index contributed by atoms with van der Waals surface area (Å²) in [4.78, 5) is 12.7. The van der Waals surface area contributed by atoms with Crippen LogP contribution in [0.3, 0.4) is 0 Å². The number of carbonyl (C=O) groups is 1. The number of benzene rings is 2. The normalized spacial score (nSPS) is 11.0. The van der Waals surface area contributed by atoms with Crippen molar-refractivity contribution in [2.45, 2.75) is 20.8 Å². The lowest BCUT2D eigenvalue weighted by molar-refractivity contribution is 0.0948. The SMILES string of the molecule is Cc1c(C(=O)NCC(C)C)cc(-c2ccc(F)cc2)n1-c1ccccc1Cl. The van der Waals surface area contributed by atoms with Gasteiger partial charge in [0.25, 0.3) is 5.91 Å².